The van der Waals surface area contributed by atoms with Crippen molar-refractivity contribution < 1.29 is 66.6 Å². The quantitative estimate of drug-likeness (QED) is 0.00613. The van der Waals surface area contributed by atoms with Gasteiger partial charge in [0.1, 0.15) is 11.8 Å². The number of oxime groups is 1. The number of carbonyl (C=O) groups excluding carboxylic acids is 4. The summed E-state index contributed by atoms with van der Waals surface area (Å²) in [7, 11) is 1.34. The number of hydrogen-bond donors (Lipinski definition) is 2. The third-order valence-electron chi connectivity index (χ3n) is 15.1. The molecule has 2 amide bonds. The molecule has 2 aliphatic rings. The number of methoxy groups -OCH3 is 1. The van der Waals surface area contributed by atoms with E-state index in [-0.39, 0.29) is 50.8 Å². The topological polar surface area (TPSA) is 203 Å². The molecule has 2 fully saturated rings. The molecule has 0 atom stereocenters. The van der Waals surface area contributed by atoms with E-state index in [9.17, 15) is 19.2 Å². The second-order valence-electron chi connectivity index (χ2n) is 23.6. The zero-order valence-electron chi connectivity index (χ0n) is 57.3. The Labute approximate surface area is 548 Å². The summed E-state index contributed by atoms with van der Waals surface area (Å²) in [5.74, 6) is 0.812. The molecule has 90 heavy (non-hydrogen) atoms. The summed E-state index contributed by atoms with van der Waals surface area (Å²) in [6.45, 7) is 46.4. The molecule has 19 nitrogen and oxygen atoms in total. The highest BCUT2D eigenvalue weighted by atomic mass is 32.2. The minimum atomic E-state index is -0.644. The van der Waals surface area contributed by atoms with Gasteiger partial charge in [-0.3, -0.25) is 14.6 Å². The molecular formula is C69H111N5O14S2. The first-order chi connectivity index (χ1) is 42.7. The molecule has 0 unspecified atom stereocenters. The van der Waals surface area contributed by atoms with Gasteiger partial charge in [-0.2, -0.15) is 0 Å². The van der Waals surface area contributed by atoms with Crippen molar-refractivity contribution in [1.29, 1.82) is 0 Å². The number of aryl methyl sites for hydroxylation is 4. The van der Waals surface area contributed by atoms with E-state index >= 15 is 0 Å². The molecule has 2 N–H and O–H groups in total. The number of nitrogens with zero attached hydrogens (tertiary/aromatic N) is 3. The zero-order valence-corrected chi connectivity index (χ0v) is 59.0. The summed E-state index contributed by atoms with van der Waals surface area (Å²) in [5, 5.41) is 9.96. The van der Waals surface area contributed by atoms with E-state index in [0.29, 0.717) is 51.0 Å². The number of esters is 1. The highest BCUT2D eigenvalue weighted by molar-refractivity contribution is 7.99. The van der Waals surface area contributed by atoms with Gasteiger partial charge in [-0.15, -0.1) is 36.7 Å². The lowest BCUT2D eigenvalue weighted by Crippen LogP contribution is -2.54. The first kappa shape index (κ1) is 80.7. The third-order valence-corrected chi connectivity index (χ3v) is 17.1. The number of Topliss-reactive ketones (excluding diaryl/α,β-unsaturated/α-hetero) is 1. The minimum Gasteiger partial charge on any atom is -0.473 e. The van der Waals surface area contributed by atoms with Crippen LogP contribution in [0.4, 0.5) is 9.59 Å². The van der Waals surface area contributed by atoms with Crippen LogP contribution in [0, 0.1) is 13.8 Å². The van der Waals surface area contributed by atoms with E-state index < -0.39 is 29.8 Å². The normalized spacial score (nSPS) is 13.9. The van der Waals surface area contributed by atoms with Crippen LogP contribution < -0.4 is 10.6 Å². The van der Waals surface area contributed by atoms with E-state index in [0.717, 1.165) is 118 Å². The Morgan fingerprint density at radius 2 is 1.07 bits per heavy atom. The number of morpholine rings is 2. The molecule has 2 saturated heterocycles. The number of allylic oxidation sites excluding steroid dienone is 4. The number of ether oxygens (including phenoxy) is 9. The summed E-state index contributed by atoms with van der Waals surface area (Å²) in [5.41, 5.74) is 8.93. The van der Waals surface area contributed by atoms with Gasteiger partial charge in [-0.25, -0.2) is 14.4 Å². The van der Waals surface area contributed by atoms with Crippen molar-refractivity contribution in [3.05, 3.63) is 107 Å². The van der Waals surface area contributed by atoms with Crippen molar-refractivity contribution in [2.75, 3.05) is 119 Å². The van der Waals surface area contributed by atoms with Gasteiger partial charge in [-0.1, -0.05) is 56.1 Å². The second kappa shape index (κ2) is 44.2. The van der Waals surface area contributed by atoms with Crippen molar-refractivity contribution in [2.24, 2.45) is 5.16 Å². The predicted octanol–water partition coefficient (Wildman–Crippen LogP) is 13.4. The number of amides is 2. The summed E-state index contributed by atoms with van der Waals surface area (Å²) >= 11 is 3.53. The molecule has 0 radical (unpaired) electrons. The number of unbranched alkanes of at least 4 members (excludes halogenated alkanes) is 3. The highest BCUT2D eigenvalue weighted by Crippen LogP contribution is 2.32. The Hall–Kier alpha value is -5.39. The van der Waals surface area contributed by atoms with Crippen LogP contribution in [0.2, 0.25) is 0 Å². The Bertz CT molecular complexity index is 2510. The second-order valence-corrected chi connectivity index (χ2v) is 25.2. The number of rotatable bonds is 38. The highest BCUT2D eigenvalue weighted by Gasteiger charge is 2.37. The summed E-state index contributed by atoms with van der Waals surface area (Å²) in [4.78, 5) is 61.6. The molecule has 2 aromatic carbocycles. The molecule has 0 spiro atoms. The number of alkyl carbamates (subject to hydrolysis) is 2. The van der Waals surface area contributed by atoms with Gasteiger partial charge in [0.2, 0.25) is 6.61 Å². The maximum absolute atomic E-state index is 13.2. The van der Waals surface area contributed by atoms with Crippen LogP contribution in [0.15, 0.2) is 88.2 Å². The standard InChI is InChI=1S/C30H52N2O8.C20H30N2O4S.C19H29NO2S/c1-23(2)13-15-27(16-14-24(3)4)39-29(33)31-17-11-9-10-12-18-32-30(34)40-28(19-35-21-37-25(5)6)20-36-22-38-26(7)8;1-14-11-16(12-15(2)18(14)27-6)19(21-26-13-17(23)24-5)20(3,4)22-7-9-25-10-8-22;1-6-14-12-16(13-15(7-2)17(14)23-5)18(21)19(3,4)20-8-10-22-11-9-20/h27-28H,1,3,5,7,9-22H2,2,4,6,8H3,(H,31,33)(H,32,34);11-12H,7-10,13H2,1-6H3;12-13H,6-11H2,1-5H3/b;21-19+;. The van der Waals surface area contributed by atoms with Crippen LogP contribution in [0.1, 0.15) is 159 Å². The van der Waals surface area contributed by atoms with E-state index in [4.69, 9.17) is 42.7 Å². The fourth-order valence-electron chi connectivity index (χ4n) is 9.91. The van der Waals surface area contributed by atoms with Gasteiger partial charge in [0.15, 0.2) is 25.5 Å². The van der Waals surface area contributed by atoms with Crippen molar-refractivity contribution in [3.8, 4) is 0 Å². The smallest absolute Gasteiger partial charge is 0.407 e. The molecule has 2 aliphatic heterocycles. The number of ketones is 1. The molecule has 4 rings (SSSR count). The molecular weight excluding hydrogens is 1190 g/mol. The van der Waals surface area contributed by atoms with Gasteiger partial charge in [0.25, 0.3) is 0 Å². The number of hydrogen-bond acceptors (Lipinski definition) is 19. The molecule has 2 heterocycles. The van der Waals surface area contributed by atoms with Gasteiger partial charge in [-0.05, 0) is 180 Å². The summed E-state index contributed by atoms with van der Waals surface area (Å²) < 4.78 is 47.6. The largest absolute Gasteiger partial charge is 0.473 e. The van der Waals surface area contributed by atoms with E-state index in [1.165, 1.54) is 39.2 Å². The van der Waals surface area contributed by atoms with Gasteiger partial charge in [0, 0.05) is 60.2 Å². The average molecular weight is 1300 g/mol. The van der Waals surface area contributed by atoms with Gasteiger partial charge < -0.3 is 58.1 Å². The van der Waals surface area contributed by atoms with Crippen molar-refractivity contribution in [2.45, 2.75) is 180 Å². The van der Waals surface area contributed by atoms with E-state index in [1.54, 1.807) is 37.4 Å². The Morgan fingerprint density at radius 3 is 1.47 bits per heavy atom. The lowest BCUT2D eigenvalue weighted by atomic mass is 9.88. The van der Waals surface area contributed by atoms with Crippen LogP contribution in [0.5, 0.6) is 0 Å². The Balaban J connectivity index is 0.000000480. The summed E-state index contributed by atoms with van der Waals surface area (Å²) in [6.07, 6.45) is 11.0. The summed E-state index contributed by atoms with van der Waals surface area (Å²) in [6, 6.07) is 8.49. The van der Waals surface area contributed by atoms with Crippen LogP contribution in [-0.2, 0) is 65.1 Å². The Morgan fingerprint density at radius 1 is 0.633 bits per heavy atom. The maximum Gasteiger partial charge on any atom is 0.407 e. The zero-order chi connectivity index (χ0) is 67.2. The lowest BCUT2D eigenvalue weighted by molar-refractivity contribution is -0.145. The monoisotopic (exact) mass is 1300 g/mol. The minimum absolute atomic E-state index is 0.00371. The van der Waals surface area contributed by atoms with Crippen LogP contribution in [0.3, 0.4) is 0 Å². The first-order valence-corrected chi connectivity index (χ1v) is 33.9. The van der Waals surface area contributed by atoms with Crippen molar-refractivity contribution in [3.63, 3.8) is 0 Å². The van der Waals surface area contributed by atoms with Gasteiger partial charge >= 0.3 is 18.2 Å². The van der Waals surface area contributed by atoms with Gasteiger partial charge in [0.05, 0.1) is 69.3 Å². The number of carbonyl (C=O) groups is 4. The molecule has 0 aromatic heterocycles. The number of benzene rings is 2. The molecule has 0 aliphatic carbocycles. The maximum atomic E-state index is 13.2. The SMILES string of the molecule is C=C(C)CCC(CCC(=C)C)OC(=O)NCCCCCCNC(=O)OC(COCOC(=C)C)COCOC(=C)C.CCc1cc(C(=O)C(C)(C)N2CCOCC2)cc(CC)c1SC.COC(=O)CO/N=C(\c1cc(C)c(SC)c(C)c1)C(C)(C)N1CCOCC1. The fourth-order valence-corrected chi connectivity index (χ4v) is 11.6. The third kappa shape index (κ3) is 30.8. The van der Waals surface area contributed by atoms with E-state index in [2.05, 4.69) is 135 Å². The molecule has 21 heteroatoms. The molecule has 0 bridgehead atoms. The van der Waals surface area contributed by atoms with Crippen LogP contribution in [0.25, 0.3) is 0 Å². The Kier molecular flexibility index (Phi) is 39.6. The molecule has 0 saturated carbocycles. The lowest BCUT2D eigenvalue weighted by Gasteiger charge is -2.41. The molecule has 2 aromatic rings. The van der Waals surface area contributed by atoms with Crippen molar-refractivity contribution in [1.82, 2.24) is 20.4 Å². The van der Waals surface area contributed by atoms with Crippen molar-refractivity contribution >= 4 is 53.2 Å². The number of nitrogens with one attached hydrogen (secondary N) is 2. The number of thioether (sulfide) groups is 2. The van der Waals surface area contributed by atoms with E-state index in [1.807, 2.05) is 27.7 Å². The molecule has 508 valence electrons. The average Bonchev–Trinajstić information content (AvgIpc) is 1.34. The van der Waals surface area contributed by atoms with Crippen LogP contribution in [-0.4, -0.2) is 181 Å². The fraction of sp³-hybridized carbons (Fsp3) is 0.638. The predicted molar refractivity (Wildman–Crippen MR) is 363 cm³/mol. The van der Waals surface area contributed by atoms with Crippen LogP contribution >= 0.6 is 23.5 Å². The first-order valence-electron chi connectivity index (χ1n) is 31.5.